The van der Waals surface area contributed by atoms with Crippen molar-refractivity contribution in [3.05, 3.63) is 94.6 Å². The predicted molar refractivity (Wildman–Crippen MR) is 105 cm³/mol. The summed E-state index contributed by atoms with van der Waals surface area (Å²) < 4.78 is 27.4. The van der Waals surface area contributed by atoms with E-state index in [4.69, 9.17) is 0 Å². The molecule has 0 aromatic heterocycles. The molecule has 0 aliphatic rings. The molecule has 3 aromatic carbocycles. The minimum Gasteiger partial charge on any atom is -0.322 e. The second kappa shape index (κ2) is 8.00. The van der Waals surface area contributed by atoms with Crippen LogP contribution in [0.1, 0.15) is 31.8 Å². The standard InChI is InChI=1S/C22H18F2N2O2/c1-13-9-14(2)11-17(10-13)25-21(27)15-5-3-6-16(12-15)22(28)26-20-18(23)7-4-8-19(20)24/h3-12H,1-2H3,(H,25,27)(H,26,28). The summed E-state index contributed by atoms with van der Waals surface area (Å²) in [6.45, 7) is 3.85. The Kier molecular flexibility index (Phi) is 5.49. The summed E-state index contributed by atoms with van der Waals surface area (Å²) in [5.41, 5.74) is 2.49. The maximum atomic E-state index is 13.7. The minimum atomic E-state index is -0.878. The summed E-state index contributed by atoms with van der Waals surface area (Å²) in [6, 6.07) is 14.9. The van der Waals surface area contributed by atoms with Crippen LogP contribution in [-0.4, -0.2) is 11.8 Å². The van der Waals surface area contributed by atoms with Gasteiger partial charge in [0.05, 0.1) is 0 Å². The molecule has 0 unspecified atom stereocenters. The fourth-order valence-electron chi connectivity index (χ4n) is 2.85. The van der Waals surface area contributed by atoms with Crippen molar-refractivity contribution in [2.75, 3.05) is 10.6 Å². The highest BCUT2D eigenvalue weighted by atomic mass is 19.1. The Morgan fingerprint density at radius 2 is 1.21 bits per heavy atom. The third-order valence-electron chi connectivity index (χ3n) is 4.07. The predicted octanol–water partition coefficient (Wildman–Crippen LogP) is 5.09. The number of hydrogen-bond donors (Lipinski definition) is 2. The molecule has 4 nitrogen and oxygen atoms in total. The second-order valence-electron chi connectivity index (χ2n) is 6.46. The topological polar surface area (TPSA) is 58.2 Å². The first-order chi connectivity index (χ1) is 13.3. The van der Waals surface area contributed by atoms with Crippen molar-refractivity contribution in [1.29, 1.82) is 0 Å². The average molecular weight is 380 g/mol. The summed E-state index contributed by atoms with van der Waals surface area (Å²) >= 11 is 0. The zero-order chi connectivity index (χ0) is 20.3. The van der Waals surface area contributed by atoms with Crippen molar-refractivity contribution in [3.63, 3.8) is 0 Å². The molecule has 0 radical (unpaired) electrons. The highest BCUT2D eigenvalue weighted by Crippen LogP contribution is 2.20. The number of hydrogen-bond acceptors (Lipinski definition) is 2. The van der Waals surface area contributed by atoms with Crippen molar-refractivity contribution in [2.24, 2.45) is 0 Å². The van der Waals surface area contributed by atoms with Crippen molar-refractivity contribution < 1.29 is 18.4 Å². The zero-order valence-electron chi connectivity index (χ0n) is 15.3. The largest absolute Gasteiger partial charge is 0.322 e. The fourth-order valence-corrected chi connectivity index (χ4v) is 2.85. The van der Waals surface area contributed by atoms with Gasteiger partial charge in [0.25, 0.3) is 11.8 Å². The number of nitrogens with one attached hydrogen (secondary N) is 2. The third kappa shape index (κ3) is 4.40. The van der Waals surface area contributed by atoms with E-state index < -0.39 is 29.1 Å². The van der Waals surface area contributed by atoms with Crippen LogP contribution in [-0.2, 0) is 0 Å². The van der Waals surface area contributed by atoms with Crippen LogP contribution in [0.3, 0.4) is 0 Å². The van der Waals surface area contributed by atoms with Crippen molar-refractivity contribution >= 4 is 23.2 Å². The maximum Gasteiger partial charge on any atom is 0.255 e. The van der Waals surface area contributed by atoms with E-state index >= 15 is 0 Å². The SMILES string of the molecule is Cc1cc(C)cc(NC(=O)c2cccc(C(=O)Nc3c(F)cccc3F)c2)c1. The van der Waals surface area contributed by atoms with Gasteiger partial charge in [0.15, 0.2) is 0 Å². The van der Waals surface area contributed by atoms with E-state index in [0.717, 1.165) is 23.3 Å². The molecule has 0 aliphatic carbocycles. The number of carbonyl (C=O) groups is 2. The van der Waals surface area contributed by atoms with Gasteiger partial charge in [0, 0.05) is 16.8 Å². The smallest absolute Gasteiger partial charge is 0.255 e. The summed E-state index contributed by atoms with van der Waals surface area (Å²) in [7, 11) is 0. The molecule has 0 saturated carbocycles. The van der Waals surface area contributed by atoms with Crippen LogP contribution in [0.15, 0.2) is 60.7 Å². The molecule has 3 aromatic rings. The van der Waals surface area contributed by atoms with E-state index in [0.29, 0.717) is 5.69 Å². The molecule has 142 valence electrons. The van der Waals surface area contributed by atoms with Gasteiger partial charge in [-0.3, -0.25) is 9.59 Å². The first kappa shape index (κ1) is 19.2. The zero-order valence-corrected chi connectivity index (χ0v) is 15.3. The summed E-state index contributed by atoms with van der Waals surface area (Å²) in [5, 5.41) is 4.99. The number of amides is 2. The Morgan fingerprint density at radius 3 is 1.79 bits per heavy atom. The molecule has 0 saturated heterocycles. The fraction of sp³-hybridized carbons (Fsp3) is 0.0909. The lowest BCUT2D eigenvalue weighted by Crippen LogP contribution is -2.16. The highest BCUT2D eigenvalue weighted by molar-refractivity contribution is 6.08. The van der Waals surface area contributed by atoms with Gasteiger partial charge < -0.3 is 10.6 Å². The molecule has 0 atom stereocenters. The molecule has 28 heavy (non-hydrogen) atoms. The van der Waals surface area contributed by atoms with Gasteiger partial charge in [-0.15, -0.1) is 0 Å². The second-order valence-corrected chi connectivity index (χ2v) is 6.46. The van der Waals surface area contributed by atoms with E-state index in [1.54, 1.807) is 6.07 Å². The Morgan fingerprint density at radius 1 is 0.714 bits per heavy atom. The Balaban J connectivity index is 1.79. The van der Waals surface area contributed by atoms with Gasteiger partial charge in [-0.1, -0.05) is 18.2 Å². The average Bonchev–Trinajstić information content (AvgIpc) is 2.64. The molecule has 2 N–H and O–H groups in total. The summed E-state index contributed by atoms with van der Waals surface area (Å²) in [5.74, 6) is -2.86. The summed E-state index contributed by atoms with van der Waals surface area (Å²) in [6.07, 6.45) is 0. The van der Waals surface area contributed by atoms with Crippen LogP contribution >= 0.6 is 0 Å². The normalized spacial score (nSPS) is 10.4. The van der Waals surface area contributed by atoms with E-state index in [9.17, 15) is 18.4 Å². The van der Waals surface area contributed by atoms with Crippen molar-refractivity contribution in [3.8, 4) is 0 Å². The van der Waals surface area contributed by atoms with Crippen LogP contribution in [0.25, 0.3) is 0 Å². The molecule has 3 rings (SSSR count). The number of halogens is 2. The Hall–Kier alpha value is -3.54. The molecule has 0 bridgehead atoms. The van der Waals surface area contributed by atoms with Gasteiger partial charge in [-0.25, -0.2) is 8.78 Å². The molecule has 0 spiro atoms. The van der Waals surface area contributed by atoms with Crippen molar-refractivity contribution in [2.45, 2.75) is 13.8 Å². The summed E-state index contributed by atoms with van der Waals surface area (Å²) in [4.78, 5) is 24.9. The number of aryl methyl sites for hydroxylation is 2. The first-order valence-corrected chi connectivity index (χ1v) is 8.58. The molecule has 2 amide bonds. The molecule has 0 heterocycles. The van der Waals surface area contributed by atoms with Gasteiger partial charge in [0.1, 0.15) is 17.3 Å². The molecular weight excluding hydrogens is 362 g/mol. The minimum absolute atomic E-state index is 0.107. The van der Waals surface area contributed by atoms with E-state index in [1.807, 2.05) is 32.0 Å². The van der Waals surface area contributed by atoms with Crippen LogP contribution < -0.4 is 10.6 Å². The number of benzene rings is 3. The van der Waals surface area contributed by atoms with E-state index in [1.165, 1.54) is 24.3 Å². The quantitative estimate of drug-likeness (QED) is 0.663. The number of para-hydroxylation sites is 1. The lowest BCUT2D eigenvalue weighted by Gasteiger charge is -2.10. The van der Waals surface area contributed by atoms with Crippen molar-refractivity contribution in [1.82, 2.24) is 0 Å². The lowest BCUT2D eigenvalue weighted by atomic mass is 10.1. The lowest BCUT2D eigenvalue weighted by molar-refractivity contribution is 0.102. The third-order valence-corrected chi connectivity index (χ3v) is 4.07. The monoisotopic (exact) mass is 380 g/mol. The maximum absolute atomic E-state index is 13.7. The molecule has 0 fully saturated rings. The van der Waals surface area contributed by atoms with E-state index in [2.05, 4.69) is 10.6 Å². The van der Waals surface area contributed by atoms with Gasteiger partial charge in [0.2, 0.25) is 0 Å². The van der Waals surface area contributed by atoms with Crippen LogP contribution in [0, 0.1) is 25.5 Å². The highest BCUT2D eigenvalue weighted by Gasteiger charge is 2.15. The molecule has 6 heteroatoms. The first-order valence-electron chi connectivity index (χ1n) is 8.58. The number of carbonyl (C=O) groups excluding carboxylic acids is 2. The van der Waals surface area contributed by atoms with Gasteiger partial charge in [-0.05, 0) is 67.4 Å². The van der Waals surface area contributed by atoms with Crippen LogP contribution in [0.2, 0.25) is 0 Å². The molecule has 0 aliphatic heterocycles. The molecular formula is C22H18F2N2O2. The van der Waals surface area contributed by atoms with Crippen LogP contribution in [0.4, 0.5) is 20.2 Å². The number of anilines is 2. The van der Waals surface area contributed by atoms with Crippen LogP contribution in [0.5, 0.6) is 0 Å². The Labute approximate surface area is 161 Å². The van der Waals surface area contributed by atoms with Gasteiger partial charge >= 0.3 is 0 Å². The number of rotatable bonds is 4. The van der Waals surface area contributed by atoms with E-state index in [-0.39, 0.29) is 11.1 Å². The van der Waals surface area contributed by atoms with Gasteiger partial charge in [-0.2, -0.15) is 0 Å². The Bertz CT molecular complexity index is 1020.